The highest BCUT2D eigenvalue weighted by molar-refractivity contribution is 6.22. The van der Waals surface area contributed by atoms with Crippen LogP contribution in [0.25, 0.3) is 11.1 Å². The first kappa shape index (κ1) is 13.4. The molecule has 2 aromatic carbocycles. The molecule has 0 aliphatic carbocycles. The molecule has 3 rings (SSSR count). The predicted molar refractivity (Wildman–Crippen MR) is 86.5 cm³/mol. The fourth-order valence-corrected chi connectivity index (χ4v) is 2.46. The number of carbonyl (C=O) groups is 1. The molecule has 0 fully saturated rings. The number of rotatable bonds is 2. The molecule has 104 valence electrons. The van der Waals surface area contributed by atoms with E-state index in [2.05, 4.69) is 18.2 Å². The first-order chi connectivity index (χ1) is 10.3. The lowest BCUT2D eigenvalue weighted by Crippen LogP contribution is -2.26. The molecule has 2 heteroatoms. The molecule has 0 N–H and O–H groups in total. The van der Waals surface area contributed by atoms with Crippen molar-refractivity contribution in [1.29, 1.82) is 0 Å². The van der Waals surface area contributed by atoms with Gasteiger partial charge in [-0.3, -0.25) is 4.79 Å². The number of allylic oxidation sites excluding steroid dienone is 2. The average molecular weight is 275 g/mol. The Balaban J connectivity index is 2.09. The van der Waals surface area contributed by atoms with Crippen molar-refractivity contribution < 1.29 is 4.79 Å². The van der Waals surface area contributed by atoms with Crippen LogP contribution in [0, 0.1) is 0 Å². The Hall–Kier alpha value is -2.61. The first-order valence-electron chi connectivity index (χ1n) is 7.04. The van der Waals surface area contributed by atoms with Gasteiger partial charge in [0.1, 0.15) is 0 Å². The maximum atomic E-state index is 12.5. The zero-order chi connectivity index (χ0) is 14.7. The van der Waals surface area contributed by atoms with Crippen LogP contribution in [0.4, 0.5) is 0 Å². The van der Waals surface area contributed by atoms with Crippen molar-refractivity contribution >= 4 is 17.1 Å². The van der Waals surface area contributed by atoms with Crippen LogP contribution in [0.5, 0.6) is 0 Å². The number of nitrogens with zero attached hydrogens (tertiary/aromatic N) is 1. The average Bonchev–Trinajstić information content (AvgIpc) is 2.69. The fourth-order valence-electron chi connectivity index (χ4n) is 2.46. The maximum Gasteiger partial charge on any atom is 0.254 e. The van der Waals surface area contributed by atoms with Crippen molar-refractivity contribution in [3.05, 3.63) is 83.9 Å². The predicted octanol–water partition coefficient (Wildman–Crippen LogP) is 3.63. The Kier molecular flexibility index (Phi) is 3.69. The van der Waals surface area contributed by atoms with Crippen LogP contribution in [0.1, 0.15) is 11.1 Å². The van der Waals surface area contributed by atoms with E-state index in [-0.39, 0.29) is 5.91 Å². The second-order valence-corrected chi connectivity index (χ2v) is 5.14. The smallest absolute Gasteiger partial charge is 0.254 e. The molecule has 0 saturated carbocycles. The number of carbonyl (C=O) groups excluding carboxylic acids is 1. The van der Waals surface area contributed by atoms with Crippen molar-refractivity contribution in [2.75, 3.05) is 13.6 Å². The summed E-state index contributed by atoms with van der Waals surface area (Å²) in [5, 5.41) is 0. The van der Waals surface area contributed by atoms with Crippen molar-refractivity contribution in [2.45, 2.75) is 0 Å². The first-order valence-corrected chi connectivity index (χ1v) is 7.04. The molecule has 1 amide bonds. The van der Waals surface area contributed by atoms with E-state index < -0.39 is 0 Å². The van der Waals surface area contributed by atoms with Gasteiger partial charge in [0.15, 0.2) is 0 Å². The standard InChI is InChI=1S/C19H17NO/c1-20-13-12-17(15-8-4-2-5-9-15)14-18(19(20)21)16-10-6-3-7-11-16/h2-12,14H,13H2,1H3. The topological polar surface area (TPSA) is 20.3 Å². The third-order valence-electron chi connectivity index (χ3n) is 3.65. The van der Waals surface area contributed by atoms with E-state index in [4.69, 9.17) is 0 Å². The highest BCUT2D eigenvalue weighted by Crippen LogP contribution is 2.26. The van der Waals surface area contributed by atoms with E-state index in [0.29, 0.717) is 6.54 Å². The minimum atomic E-state index is 0.0587. The summed E-state index contributed by atoms with van der Waals surface area (Å²) in [6.45, 7) is 0.621. The largest absolute Gasteiger partial charge is 0.338 e. The van der Waals surface area contributed by atoms with Crippen LogP contribution in [0.15, 0.2) is 72.8 Å². The second kappa shape index (κ2) is 5.80. The molecule has 0 bridgehead atoms. The molecule has 0 spiro atoms. The summed E-state index contributed by atoms with van der Waals surface area (Å²) in [5.41, 5.74) is 3.92. The molecule has 1 heterocycles. The van der Waals surface area contributed by atoms with Crippen molar-refractivity contribution in [3.63, 3.8) is 0 Å². The van der Waals surface area contributed by atoms with Gasteiger partial charge in [0, 0.05) is 19.2 Å². The summed E-state index contributed by atoms with van der Waals surface area (Å²) in [7, 11) is 1.84. The van der Waals surface area contributed by atoms with Gasteiger partial charge in [0.2, 0.25) is 0 Å². The Bertz CT molecular complexity index is 699. The molecule has 0 saturated heterocycles. The maximum absolute atomic E-state index is 12.5. The molecule has 0 aromatic heterocycles. The van der Waals surface area contributed by atoms with Gasteiger partial charge in [-0.25, -0.2) is 0 Å². The molecule has 0 radical (unpaired) electrons. The Morgan fingerprint density at radius 3 is 2.05 bits per heavy atom. The summed E-state index contributed by atoms with van der Waals surface area (Å²) in [6, 6.07) is 20.0. The third-order valence-corrected chi connectivity index (χ3v) is 3.65. The summed E-state index contributed by atoms with van der Waals surface area (Å²) < 4.78 is 0. The molecule has 1 aliphatic rings. The number of amides is 1. The third kappa shape index (κ3) is 2.79. The van der Waals surface area contributed by atoms with Gasteiger partial charge in [-0.15, -0.1) is 0 Å². The lowest BCUT2D eigenvalue weighted by atomic mass is 9.99. The lowest BCUT2D eigenvalue weighted by Gasteiger charge is -2.15. The van der Waals surface area contributed by atoms with Gasteiger partial charge in [-0.2, -0.15) is 0 Å². The van der Waals surface area contributed by atoms with Crippen molar-refractivity contribution in [3.8, 4) is 0 Å². The lowest BCUT2D eigenvalue weighted by molar-refractivity contribution is -0.123. The highest BCUT2D eigenvalue weighted by Gasteiger charge is 2.19. The molecule has 2 aromatic rings. The molecule has 2 nitrogen and oxygen atoms in total. The summed E-state index contributed by atoms with van der Waals surface area (Å²) in [4.78, 5) is 14.3. The molecular formula is C19H17NO. The normalized spacial score (nSPS) is 15.3. The van der Waals surface area contributed by atoms with Gasteiger partial charge in [0.05, 0.1) is 0 Å². The minimum Gasteiger partial charge on any atom is -0.338 e. The van der Waals surface area contributed by atoms with E-state index in [1.54, 1.807) is 4.90 Å². The highest BCUT2D eigenvalue weighted by atomic mass is 16.2. The Morgan fingerprint density at radius 2 is 1.43 bits per heavy atom. The molecular weight excluding hydrogens is 258 g/mol. The zero-order valence-corrected chi connectivity index (χ0v) is 12.0. The zero-order valence-electron chi connectivity index (χ0n) is 12.0. The van der Waals surface area contributed by atoms with Crippen molar-refractivity contribution in [1.82, 2.24) is 4.90 Å². The minimum absolute atomic E-state index is 0.0587. The van der Waals surface area contributed by atoms with E-state index in [0.717, 1.165) is 22.3 Å². The van der Waals surface area contributed by atoms with Gasteiger partial charge < -0.3 is 4.90 Å². The van der Waals surface area contributed by atoms with Crippen LogP contribution in [-0.2, 0) is 4.79 Å². The number of benzene rings is 2. The molecule has 1 aliphatic heterocycles. The van der Waals surface area contributed by atoms with Gasteiger partial charge in [0.25, 0.3) is 5.91 Å². The van der Waals surface area contributed by atoms with E-state index in [1.807, 2.05) is 61.7 Å². The second-order valence-electron chi connectivity index (χ2n) is 5.14. The van der Waals surface area contributed by atoms with Crippen LogP contribution in [0.3, 0.4) is 0 Å². The van der Waals surface area contributed by atoms with Gasteiger partial charge >= 0.3 is 0 Å². The molecule has 0 unspecified atom stereocenters. The number of likely N-dealkylation sites (N-methyl/N-ethyl adjacent to an activating group) is 1. The van der Waals surface area contributed by atoms with E-state index >= 15 is 0 Å². The van der Waals surface area contributed by atoms with Crippen LogP contribution >= 0.6 is 0 Å². The van der Waals surface area contributed by atoms with Crippen LogP contribution < -0.4 is 0 Å². The fraction of sp³-hybridized carbons (Fsp3) is 0.105. The number of hydrogen-bond acceptors (Lipinski definition) is 1. The van der Waals surface area contributed by atoms with E-state index in [9.17, 15) is 4.79 Å². The quantitative estimate of drug-likeness (QED) is 0.819. The van der Waals surface area contributed by atoms with Crippen molar-refractivity contribution in [2.24, 2.45) is 0 Å². The van der Waals surface area contributed by atoms with E-state index in [1.165, 1.54) is 0 Å². The summed E-state index contributed by atoms with van der Waals surface area (Å²) in [5.74, 6) is 0.0587. The van der Waals surface area contributed by atoms with Crippen LogP contribution in [0.2, 0.25) is 0 Å². The van der Waals surface area contributed by atoms with Crippen LogP contribution in [-0.4, -0.2) is 24.4 Å². The molecule has 0 atom stereocenters. The SMILES string of the molecule is CN1CC=C(c2ccccc2)C=C(c2ccccc2)C1=O. The summed E-state index contributed by atoms with van der Waals surface area (Å²) in [6.07, 6.45) is 4.10. The number of hydrogen-bond donors (Lipinski definition) is 0. The summed E-state index contributed by atoms with van der Waals surface area (Å²) >= 11 is 0. The van der Waals surface area contributed by atoms with Gasteiger partial charge in [-0.1, -0.05) is 66.7 Å². The monoisotopic (exact) mass is 275 g/mol. The Labute approximate surface area is 125 Å². The molecule has 21 heavy (non-hydrogen) atoms. The Morgan fingerprint density at radius 1 is 0.857 bits per heavy atom. The van der Waals surface area contributed by atoms with Gasteiger partial charge in [-0.05, 0) is 22.8 Å².